The first-order valence-corrected chi connectivity index (χ1v) is 4.03. The van der Waals surface area contributed by atoms with Crippen molar-refractivity contribution in [3.05, 3.63) is 30.0 Å². The fourth-order valence-corrected chi connectivity index (χ4v) is 0.797. The van der Waals surface area contributed by atoms with E-state index >= 15 is 0 Å². The van der Waals surface area contributed by atoms with Gasteiger partial charge in [0.25, 0.3) is 5.88 Å². The highest BCUT2D eigenvalue weighted by Gasteiger charge is 2.05. The maximum absolute atomic E-state index is 12.9. The minimum absolute atomic E-state index is 0.0324. The van der Waals surface area contributed by atoms with Crippen LogP contribution in [0.4, 0.5) is 4.39 Å². The SMILES string of the molecule is C=CCCOc1nc(Cl)ncc1F. The van der Waals surface area contributed by atoms with Gasteiger partial charge in [-0.2, -0.15) is 9.37 Å². The molecule has 0 atom stereocenters. The van der Waals surface area contributed by atoms with Crippen molar-refractivity contribution in [3.63, 3.8) is 0 Å². The molecular formula is C8H8ClFN2O. The van der Waals surface area contributed by atoms with Crippen molar-refractivity contribution in [2.45, 2.75) is 6.42 Å². The van der Waals surface area contributed by atoms with Crippen LogP contribution in [0.2, 0.25) is 5.28 Å². The summed E-state index contributed by atoms with van der Waals surface area (Å²) in [6.45, 7) is 3.83. The summed E-state index contributed by atoms with van der Waals surface area (Å²) in [5.41, 5.74) is 0. The van der Waals surface area contributed by atoms with Gasteiger partial charge in [-0.15, -0.1) is 6.58 Å². The smallest absolute Gasteiger partial charge is 0.254 e. The van der Waals surface area contributed by atoms with Crippen LogP contribution in [0.25, 0.3) is 0 Å². The first-order chi connectivity index (χ1) is 6.24. The Morgan fingerprint density at radius 2 is 2.46 bits per heavy atom. The second-order valence-corrected chi connectivity index (χ2v) is 2.56. The molecule has 0 fully saturated rings. The first-order valence-electron chi connectivity index (χ1n) is 3.65. The lowest BCUT2D eigenvalue weighted by atomic mass is 10.4. The van der Waals surface area contributed by atoms with E-state index in [0.717, 1.165) is 6.20 Å². The van der Waals surface area contributed by atoms with Gasteiger partial charge in [0, 0.05) is 0 Å². The molecule has 3 nitrogen and oxygen atoms in total. The number of aromatic nitrogens is 2. The topological polar surface area (TPSA) is 35.0 Å². The maximum atomic E-state index is 12.9. The molecular weight excluding hydrogens is 195 g/mol. The molecule has 0 bridgehead atoms. The Morgan fingerprint density at radius 1 is 1.69 bits per heavy atom. The molecule has 0 aliphatic rings. The third kappa shape index (κ3) is 2.99. The van der Waals surface area contributed by atoms with Gasteiger partial charge in [-0.25, -0.2) is 4.98 Å². The summed E-state index contributed by atoms with van der Waals surface area (Å²) in [6, 6.07) is 0. The third-order valence-corrected chi connectivity index (χ3v) is 1.43. The monoisotopic (exact) mass is 202 g/mol. The summed E-state index contributed by atoms with van der Waals surface area (Å²) in [6.07, 6.45) is 3.26. The van der Waals surface area contributed by atoms with Crippen LogP contribution in [0.15, 0.2) is 18.9 Å². The van der Waals surface area contributed by atoms with Gasteiger partial charge in [0.1, 0.15) is 0 Å². The molecule has 70 valence electrons. The summed E-state index contributed by atoms with van der Waals surface area (Å²) in [5, 5.41) is -0.0324. The molecule has 0 radical (unpaired) electrons. The number of hydrogen-bond acceptors (Lipinski definition) is 3. The minimum atomic E-state index is -0.617. The zero-order valence-electron chi connectivity index (χ0n) is 6.83. The van der Waals surface area contributed by atoms with E-state index in [-0.39, 0.29) is 11.2 Å². The molecule has 0 aliphatic carbocycles. The number of nitrogens with zero attached hydrogens (tertiary/aromatic N) is 2. The van der Waals surface area contributed by atoms with Crippen molar-refractivity contribution in [3.8, 4) is 5.88 Å². The molecule has 0 spiro atoms. The Hall–Kier alpha value is -1.16. The Bertz CT molecular complexity index is 306. The van der Waals surface area contributed by atoms with Gasteiger partial charge >= 0.3 is 0 Å². The average molecular weight is 203 g/mol. The van der Waals surface area contributed by atoms with Crippen LogP contribution < -0.4 is 4.74 Å². The number of halogens is 2. The minimum Gasteiger partial charge on any atom is -0.475 e. The van der Waals surface area contributed by atoms with E-state index in [1.807, 2.05) is 0 Å². The van der Waals surface area contributed by atoms with Gasteiger partial charge in [-0.3, -0.25) is 0 Å². The first kappa shape index (κ1) is 9.92. The quantitative estimate of drug-likeness (QED) is 0.427. The predicted molar refractivity (Wildman–Crippen MR) is 47.3 cm³/mol. The van der Waals surface area contributed by atoms with Crippen molar-refractivity contribution in [2.75, 3.05) is 6.61 Å². The number of hydrogen-bond donors (Lipinski definition) is 0. The van der Waals surface area contributed by atoms with Crippen LogP contribution in [0, 0.1) is 5.82 Å². The summed E-state index contributed by atoms with van der Waals surface area (Å²) < 4.78 is 17.8. The van der Waals surface area contributed by atoms with Crippen LogP contribution in [-0.2, 0) is 0 Å². The Kier molecular flexibility index (Phi) is 3.64. The largest absolute Gasteiger partial charge is 0.475 e. The fourth-order valence-electron chi connectivity index (χ4n) is 0.671. The molecule has 0 amide bonds. The molecule has 5 heteroatoms. The molecule has 0 unspecified atom stereocenters. The van der Waals surface area contributed by atoms with Gasteiger partial charge in [0.15, 0.2) is 0 Å². The van der Waals surface area contributed by atoms with Crippen molar-refractivity contribution in [2.24, 2.45) is 0 Å². The summed E-state index contributed by atoms with van der Waals surface area (Å²) in [5.74, 6) is -0.740. The van der Waals surface area contributed by atoms with Crippen LogP contribution >= 0.6 is 11.6 Å². The third-order valence-electron chi connectivity index (χ3n) is 1.24. The van der Waals surface area contributed by atoms with E-state index in [9.17, 15) is 4.39 Å². The molecule has 1 aromatic heterocycles. The van der Waals surface area contributed by atoms with Crippen molar-refractivity contribution >= 4 is 11.6 Å². The van der Waals surface area contributed by atoms with Crippen LogP contribution in [0.3, 0.4) is 0 Å². The van der Waals surface area contributed by atoms with E-state index < -0.39 is 5.82 Å². The Balaban J connectivity index is 2.64. The molecule has 0 aromatic carbocycles. The van der Waals surface area contributed by atoms with Crippen molar-refractivity contribution < 1.29 is 9.13 Å². The zero-order chi connectivity index (χ0) is 9.68. The average Bonchev–Trinajstić information content (AvgIpc) is 2.11. The van der Waals surface area contributed by atoms with Crippen LogP contribution in [0.5, 0.6) is 5.88 Å². The second kappa shape index (κ2) is 4.77. The number of rotatable bonds is 4. The lowest BCUT2D eigenvalue weighted by Gasteiger charge is -2.03. The van der Waals surface area contributed by atoms with Crippen molar-refractivity contribution in [1.82, 2.24) is 9.97 Å². The van der Waals surface area contributed by atoms with Crippen molar-refractivity contribution in [1.29, 1.82) is 0 Å². The lowest BCUT2D eigenvalue weighted by molar-refractivity contribution is 0.293. The van der Waals surface area contributed by atoms with Gasteiger partial charge in [-0.05, 0) is 18.0 Å². The summed E-state index contributed by atoms with van der Waals surface area (Å²) in [4.78, 5) is 7.01. The number of ether oxygens (including phenoxy) is 1. The highest BCUT2D eigenvalue weighted by Crippen LogP contribution is 2.14. The van der Waals surface area contributed by atoms with Gasteiger partial charge in [0.2, 0.25) is 11.1 Å². The van der Waals surface area contributed by atoms with E-state index in [1.165, 1.54) is 0 Å². The molecule has 0 saturated heterocycles. The summed E-state index contributed by atoms with van der Waals surface area (Å²) >= 11 is 5.44. The maximum Gasteiger partial charge on any atom is 0.254 e. The summed E-state index contributed by atoms with van der Waals surface area (Å²) in [7, 11) is 0. The van der Waals surface area contributed by atoms with Gasteiger partial charge < -0.3 is 4.74 Å². The molecule has 0 saturated carbocycles. The van der Waals surface area contributed by atoms with E-state index in [2.05, 4.69) is 16.5 Å². The normalized spacial score (nSPS) is 9.69. The molecule has 1 rings (SSSR count). The van der Waals surface area contributed by atoms with Crippen LogP contribution in [0.1, 0.15) is 6.42 Å². The standard InChI is InChI=1S/C8H8ClFN2O/c1-2-3-4-13-7-6(10)5-11-8(9)12-7/h2,5H,1,3-4H2. The Labute approximate surface area is 80.2 Å². The van der Waals surface area contributed by atoms with E-state index in [1.54, 1.807) is 6.08 Å². The van der Waals surface area contributed by atoms with E-state index in [4.69, 9.17) is 16.3 Å². The lowest BCUT2D eigenvalue weighted by Crippen LogP contribution is -2.01. The predicted octanol–water partition coefficient (Wildman–Crippen LogP) is 2.22. The molecule has 1 aromatic rings. The Morgan fingerprint density at radius 3 is 3.15 bits per heavy atom. The van der Waals surface area contributed by atoms with Gasteiger partial charge in [-0.1, -0.05) is 6.08 Å². The highest BCUT2D eigenvalue weighted by molar-refractivity contribution is 6.28. The zero-order valence-corrected chi connectivity index (χ0v) is 7.59. The van der Waals surface area contributed by atoms with Gasteiger partial charge in [0.05, 0.1) is 12.8 Å². The highest BCUT2D eigenvalue weighted by atomic mass is 35.5. The fraction of sp³-hybridized carbons (Fsp3) is 0.250. The van der Waals surface area contributed by atoms with E-state index in [0.29, 0.717) is 13.0 Å². The van der Waals surface area contributed by atoms with Crippen LogP contribution in [-0.4, -0.2) is 16.6 Å². The molecule has 0 N–H and O–H groups in total. The molecule has 0 aliphatic heterocycles. The second-order valence-electron chi connectivity index (χ2n) is 2.22. The molecule has 13 heavy (non-hydrogen) atoms. The molecule has 1 heterocycles.